The normalized spacial score (nSPS) is 13.9. The van der Waals surface area contributed by atoms with Gasteiger partial charge in [-0.3, -0.25) is 4.90 Å². The van der Waals surface area contributed by atoms with Crippen molar-refractivity contribution in [3.63, 3.8) is 0 Å². The molecule has 3 nitrogen and oxygen atoms in total. The highest BCUT2D eigenvalue weighted by atomic mass is 16.5. The summed E-state index contributed by atoms with van der Waals surface area (Å²) in [6.45, 7) is 12.6. The first-order valence-electron chi connectivity index (χ1n) is 6.71. The van der Waals surface area contributed by atoms with Gasteiger partial charge in [0.1, 0.15) is 0 Å². The Kier molecular flexibility index (Phi) is 11.0. The number of hydrogen-bond acceptors (Lipinski definition) is 3. The van der Waals surface area contributed by atoms with E-state index in [1.807, 2.05) is 6.08 Å². The van der Waals surface area contributed by atoms with Crippen LogP contribution in [0.3, 0.4) is 0 Å². The minimum atomic E-state index is 0.602. The van der Waals surface area contributed by atoms with E-state index in [1.54, 1.807) is 14.2 Å². The molecular formula is C15H29NO2. The van der Waals surface area contributed by atoms with Crippen LogP contribution in [0.2, 0.25) is 0 Å². The van der Waals surface area contributed by atoms with E-state index >= 15 is 0 Å². The summed E-state index contributed by atoms with van der Waals surface area (Å²) in [7, 11) is 3.47. The molecule has 0 aromatic carbocycles. The molecule has 3 heteroatoms. The van der Waals surface area contributed by atoms with Crippen LogP contribution in [0.15, 0.2) is 24.3 Å². The van der Waals surface area contributed by atoms with Gasteiger partial charge in [0, 0.05) is 33.9 Å². The van der Waals surface area contributed by atoms with Crippen LogP contribution in [-0.2, 0) is 9.47 Å². The van der Waals surface area contributed by atoms with E-state index in [9.17, 15) is 0 Å². The van der Waals surface area contributed by atoms with E-state index in [0.29, 0.717) is 5.92 Å². The molecule has 0 aliphatic carbocycles. The molecule has 0 aliphatic heterocycles. The maximum absolute atomic E-state index is 5.14. The van der Waals surface area contributed by atoms with Crippen molar-refractivity contribution < 1.29 is 9.47 Å². The smallest absolute Gasteiger partial charge is 0.0589 e. The molecule has 18 heavy (non-hydrogen) atoms. The summed E-state index contributed by atoms with van der Waals surface area (Å²) in [6, 6.07) is 0. The predicted molar refractivity (Wildman–Crippen MR) is 77.9 cm³/mol. The Bertz CT molecular complexity index is 231. The first-order valence-corrected chi connectivity index (χ1v) is 6.71. The number of methoxy groups -OCH3 is 2. The maximum atomic E-state index is 5.14. The van der Waals surface area contributed by atoms with Crippen molar-refractivity contribution in [1.29, 1.82) is 0 Å². The second kappa shape index (κ2) is 11.5. The summed E-state index contributed by atoms with van der Waals surface area (Å²) < 4.78 is 10.3. The molecular weight excluding hydrogens is 226 g/mol. The molecule has 0 aliphatic rings. The first-order chi connectivity index (χ1) is 8.67. The van der Waals surface area contributed by atoms with Crippen LogP contribution in [-0.4, -0.2) is 52.0 Å². The molecule has 106 valence electrons. The molecule has 0 aromatic rings. The maximum Gasteiger partial charge on any atom is 0.0589 e. The number of allylic oxidation sites excluding steroid dienone is 1. The van der Waals surface area contributed by atoms with Crippen molar-refractivity contribution in [3.8, 4) is 0 Å². The average Bonchev–Trinajstić information content (AvgIpc) is 2.40. The van der Waals surface area contributed by atoms with E-state index in [-0.39, 0.29) is 0 Å². The Morgan fingerprint density at radius 2 is 1.78 bits per heavy atom. The topological polar surface area (TPSA) is 21.7 Å². The Balaban J connectivity index is 4.39. The SMILES string of the molecule is C=CC(=CC(C)CC)CN(CCOC)CCOC. The lowest BCUT2D eigenvalue weighted by molar-refractivity contribution is 0.120. The minimum absolute atomic E-state index is 0.602. The Morgan fingerprint density at radius 3 is 2.17 bits per heavy atom. The van der Waals surface area contributed by atoms with Gasteiger partial charge in [-0.15, -0.1) is 0 Å². The number of hydrogen-bond donors (Lipinski definition) is 0. The van der Waals surface area contributed by atoms with Crippen LogP contribution >= 0.6 is 0 Å². The van der Waals surface area contributed by atoms with Crippen LogP contribution < -0.4 is 0 Å². The summed E-state index contributed by atoms with van der Waals surface area (Å²) in [5.41, 5.74) is 1.29. The molecule has 0 fully saturated rings. The lowest BCUT2D eigenvalue weighted by Gasteiger charge is -2.22. The molecule has 0 amide bonds. The van der Waals surface area contributed by atoms with Gasteiger partial charge in [0.05, 0.1) is 13.2 Å². The van der Waals surface area contributed by atoms with Crippen LogP contribution in [0, 0.1) is 5.92 Å². The van der Waals surface area contributed by atoms with Gasteiger partial charge in [0.15, 0.2) is 0 Å². The van der Waals surface area contributed by atoms with E-state index < -0.39 is 0 Å². The van der Waals surface area contributed by atoms with Gasteiger partial charge in [-0.25, -0.2) is 0 Å². The molecule has 0 saturated carbocycles. The molecule has 1 unspecified atom stereocenters. The van der Waals surface area contributed by atoms with Gasteiger partial charge in [0.2, 0.25) is 0 Å². The van der Waals surface area contributed by atoms with Crippen molar-refractivity contribution >= 4 is 0 Å². The fourth-order valence-corrected chi connectivity index (χ4v) is 1.64. The van der Waals surface area contributed by atoms with E-state index in [0.717, 1.165) is 39.3 Å². The number of nitrogens with zero attached hydrogens (tertiary/aromatic N) is 1. The highest BCUT2D eigenvalue weighted by Gasteiger charge is 2.07. The standard InChI is InChI=1S/C15H29NO2/c1-6-14(3)12-15(7-2)13-16(8-10-17-4)9-11-18-5/h7,12,14H,2,6,8-11,13H2,1,3-5H3. The molecule has 0 saturated heterocycles. The average molecular weight is 255 g/mol. The van der Waals surface area contributed by atoms with Crippen molar-refractivity contribution in [2.45, 2.75) is 20.3 Å². The van der Waals surface area contributed by atoms with Gasteiger partial charge >= 0.3 is 0 Å². The van der Waals surface area contributed by atoms with Gasteiger partial charge in [-0.05, 0) is 11.5 Å². The molecule has 0 bridgehead atoms. The van der Waals surface area contributed by atoms with Gasteiger partial charge in [-0.1, -0.05) is 39.0 Å². The zero-order valence-electron chi connectivity index (χ0n) is 12.4. The first kappa shape index (κ1) is 17.4. The monoisotopic (exact) mass is 255 g/mol. The number of ether oxygens (including phenoxy) is 2. The minimum Gasteiger partial charge on any atom is -0.383 e. The molecule has 0 heterocycles. The van der Waals surface area contributed by atoms with Crippen LogP contribution in [0.25, 0.3) is 0 Å². The fraction of sp³-hybridized carbons (Fsp3) is 0.733. The van der Waals surface area contributed by atoms with Crippen LogP contribution in [0.1, 0.15) is 20.3 Å². The predicted octanol–water partition coefficient (Wildman–Crippen LogP) is 2.74. The summed E-state index contributed by atoms with van der Waals surface area (Å²) in [5.74, 6) is 0.602. The third-order valence-electron chi connectivity index (χ3n) is 3.03. The van der Waals surface area contributed by atoms with Gasteiger partial charge < -0.3 is 9.47 Å². The zero-order valence-corrected chi connectivity index (χ0v) is 12.4. The van der Waals surface area contributed by atoms with E-state index in [1.165, 1.54) is 5.57 Å². The van der Waals surface area contributed by atoms with Crippen molar-refractivity contribution in [2.24, 2.45) is 5.92 Å². The molecule has 0 radical (unpaired) electrons. The lowest BCUT2D eigenvalue weighted by atomic mass is 10.0. The van der Waals surface area contributed by atoms with E-state index in [4.69, 9.17) is 9.47 Å². The Labute approximate surface area is 112 Å². The molecule has 0 aromatic heterocycles. The molecule has 0 N–H and O–H groups in total. The highest BCUT2D eigenvalue weighted by molar-refractivity contribution is 5.18. The summed E-state index contributed by atoms with van der Waals surface area (Å²) in [6.07, 6.45) is 5.42. The second-order valence-corrected chi connectivity index (χ2v) is 4.59. The van der Waals surface area contributed by atoms with Crippen molar-refractivity contribution in [3.05, 3.63) is 24.3 Å². The van der Waals surface area contributed by atoms with Crippen molar-refractivity contribution in [1.82, 2.24) is 4.90 Å². The largest absolute Gasteiger partial charge is 0.383 e. The van der Waals surface area contributed by atoms with Crippen LogP contribution in [0.5, 0.6) is 0 Å². The van der Waals surface area contributed by atoms with Gasteiger partial charge in [-0.2, -0.15) is 0 Å². The summed E-state index contributed by atoms with van der Waals surface area (Å²) >= 11 is 0. The Morgan fingerprint density at radius 1 is 1.22 bits per heavy atom. The lowest BCUT2D eigenvalue weighted by Crippen LogP contribution is -2.32. The highest BCUT2D eigenvalue weighted by Crippen LogP contribution is 2.09. The summed E-state index contributed by atoms with van der Waals surface area (Å²) in [4.78, 5) is 2.34. The molecule has 0 spiro atoms. The fourth-order valence-electron chi connectivity index (χ4n) is 1.64. The zero-order chi connectivity index (χ0) is 13.8. The van der Waals surface area contributed by atoms with Crippen molar-refractivity contribution in [2.75, 3.05) is 47.1 Å². The summed E-state index contributed by atoms with van der Waals surface area (Å²) in [5, 5.41) is 0. The Hall–Kier alpha value is -0.640. The quantitative estimate of drug-likeness (QED) is 0.530. The molecule has 1 atom stereocenters. The van der Waals surface area contributed by atoms with Gasteiger partial charge in [0.25, 0.3) is 0 Å². The molecule has 0 rings (SSSR count). The number of rotatable bonds is 11. The van der Waals surface area contributed by atoms with Crippen LogP contribution in [0.4, 0.5) is 0 Å². The third-order valence-corrected chi connectivity index (χ3v) is 3.03. The van der Waals surface area contributed by atoms with E-state index in [2.05, 4.69) is 31.4 Å². The third kappa shape index (κ3) is 8.45. The second-order valence-electron chi connectivity index (χ2n) is 4.59.